The van der Waals surface area contributed by atoms with E-state index in [4.69, 9.17) is 9.47 Å². The minimum absolute atomic E-state index is 0.0442. The molecule has 1 N–H and O–H groups in total. The van der Waals surface area contributed by atoms with Crippen molar-refractivity contribution in [2.75, 3.05) is 6.61 Å². The molecule has 3 unspecified atom stereocenters. The third kappa shape index (κ3) is 3.90. The first kappa shape index (κ1) is 23.1. The highest BCUT2D eigenvalue weighted by molar-refractivity contribution is 6.00. The van der Waals surface area contributed by atoms with Gasteiger partial charge in [0.05, 0.1) is 12.3 Å². The van der Waals surface area contributed by atoms with E-state index >= 15 is 0 Å². The molecule has 6 atom stereocenters. The van der Waals surface area contributed by atoms with Crippen LogP contribution in [0, 0.1) is 28.6 Å². The Hall–Kier alpha value is -2.11. The van der Waals surface area contributed by atoms with Gasteiger partial charge in [0, 0.05) is 13.3 Å². The Balaban J connectivity index is 1.51. The molecule has 6 nitrogen and oxygen atoms in total. The maximum Gasteiger partial charge on any atom is 0.427 e. The number of nitrogens with one attached hydrogen (secondary N) is 1. The van der Waals surface area contributed by atoms with Gasteiger partial charge in [-0.2, -0.15) is 5.10 Å². The molecule has 0 heterocycles. The summed E-state index contributed by atoms with van der Waals surface area (Å²) >= 11 is 0. The molecule has 0 bridgehead atoms. The van der Waals surface area contributed by atoms with Crippen LogP contribution in [0.25, 0.3) is 0 Å². The van der Waals surface area contributed by atoms with Gasteiger partial charge < -0.3 is 9.47 Å². The van der Waals surface area contributed by atoms with Gasteiger partial charge in [0.1, 0.15) is 6.10 Å². The third-order valence-corrected chi connectivity index (χ3v) is 8.95. The average Bonchev–Trinajstić information content (AvgIpc) is 3.09. The second kappa shape index (κ2) is 8.68. The van der Waals surface area contributed by atoms with E-state index in [1.54, 1.807) is 6.92 Å². The summed E-state index contributed by atoms with van der Waals surface area (Å²) in [6.07, 6.45) is 11.9. The number of ether oxygens (including phenoxy) is 2. The molecule has 0 saturated heterocycles. The standard InChI is InChI=1S/C26H38N2O4/c1-6-31-24(30)28-27-16(2)21-9-10-22-20-8-7-18-15-19(32-17(3)29)11-13-25(18,4)23(20)12-14-26(21,22)5/h7,9,19-20,22-23H,6,8,10-15H2,1-5H3,(H,28,30)/t19-,20?,22?,23?,25-,26+/m0/s1. The van der Waals surface area contributed by atoms with Crippen molar-refractivity contribution in [3.8, 4) is 0 Å². The molecule has 0 aromatic carbocycles. The molecule has 0 spiro atoms. The average molecular weight is 443 g/mol. The maximum atomic E-state index is 11.7. The summed E-state index contributed by atoms with van der Waals surface area (Å²) in [5.74, 6) is 1.78. The van der Waals surface area contributed by atoms with Gasteiger partial charge >= 0.3 is 12.1 Å². The molecule has 4 aliphatic rings. The second-order valence-corrected chi connectivity index (χ2v) is 10.6. The van der Waals surface area contributed by atoms with Crippen molar-refractivity contribution >= 4 is 17.8 Å². The summed E-state index contributed by atoms with van der Waals surface area (Å²) < 4.78 is 10.5. The molecule has 6 heteroatoms. The van der Waals surface area contributed by atoms with Gasteiger partial charge in [-0.3, -0.25) is 4.79 Å². The number of hydrogen-bond donors (Lipinski definition) is 1. The van der Waals surface area contributed by atoms with Gasteiger partial charge in [-0.25, -0.2) is 10.2 Å². The lowest BCUT2D eigenvalue weighted by Crippen LogP contribution is -2.50. The molecular weight excluding hydrogens is 404 g/mol. The van der Waals surface area contributed by atoms with Crippen molar-refractivity contribution in [1.82, 2.24) is 5.43 Å². The minimum Gasteiger partial charge on any atom is -0.462 e. The van der Waals surface area contributed by atoms with E-state index < -0.39 is 6.09 Å². The van der Waals surface area contributed by atoms with Gasteiger partial charge in [0.15, 0.2) is 0 Å². The number of esters is 1. The molecule has 176 valence electrons. The summed E-state index contributed by atoms with van der Waals surface area (Å²) in [5, 5.41) is 4.35. The number of nitrogens with zero attached hydrogens (tertiary/aromatic N) is 1. The Kier molecular flexibility index (Phi) is 6.25. The second-order valence-electron chi connectivity index (χ2n) is 10.6. The van der Waals surface area contributed by atoms with Crippen molar-refractivity contribution in [2.45, 2.75) is 85.7 Å². The Bertz CT molecular complexity index is 875. The highest BCUT2D eigenvalue weighted by Gasteiger charge is 2.57. The summed E-state index contributed by atoms with van der Waals surface area (Å²) in [7, 11) is 0. The van der Waals surface area contributed by atoms with Crippen LogP contribution in [-0.2, 0) is 14.3 Å². The van der Waals surface area contributed by atoms with Crippen LogP contribution in [0.15, 0.2) is 28.4 Å². The van der Waals surface area contributed by atoms with Crippen molar-refractivity contribution in [3.05, 3.63) is 23.3 Å². The Morgan fingerprint density at radius 3 is 2.56 bits per heavy atom. The summed E-state index contributed by atoms with van der Waals surface area (Å²) in [4.78, 5) is 23.1. The molecule has 2 saturated carbocycles. The number of allylic oxidation sites excluding steroid dienone is 3. The highest BCUT2D eigenvalue weighted by Crippen LogP contribution is 2.65. The quantitative estimate of drug-likeness (QED) is 0.268. The van der Waals surface area contributed by atoms with Crippen LogP contribution in [0.5, 0.6) is 0 Å². The zero-order valence-corrected chi connectivity index (χ0v) is 20.2. The Morgan fingerprint density at radius 1 is 1.09 bits per heavy atom. The van der Waals surface area contributed by atoms with E-state index in [0.717, 1.165) is 44.2 Å². The molecule has 0 aromatic heterocycles. The molecular formula is C26H38N2O4. The summed E-state index contributed by atoms with van der Waals surface area (Å²) in [6, 6.07) is 0. The highest BCUT2D eigenvalue weighted by atomic mass is 16.6. The van der Waals surface area contributed by atoms with E-state index in [0.29, 0.717) is 24.4 Å². The van der Waals surface area contributed by atoms with Crippen LogP contribution >= 0.6 is 0 Å². The van der Waals surface area contributed by atoms with Crippen LogP contribution in [0.1, 0.15) is 79.6 Å². The zero-order valence-electron chi connectivity index (χ0n) is 20.2. The van der Waals surface area contributed by atoms with Crippen molar-refractivity contribution in [1.29, 1.82) is 0 Å². The van der Waals surface area contributed by atoms with Gasteiger partial charge in [-0.15, -0.1) is 0 Å². The molecule has 32 heavy (non-hydrogen) atoms. The van der Waals surface area contributed by atoms with Crippen molar-refractivity contribution < 1.29 is 19.1 Å². The molecule has 0 aromatic rings. The predicted molar refractivity (Wildman–Crippen MR) is 124 cm³/mol. The van der Waals surface area contributed by atoms with Crippen LogP contribution < -0.4 is 5.43 Å². The van der Waals surface area contributed by atoms with Crippen LogP contribution in [0.3, 0.4) is 0 Å². The van der Waals surface area contributed by atoms with Crippen LogP contribution in [0.4, 0.5) is 4.79 Å². The number of carbonyl (C=O) groups is 2. The van der Waals surface area contributed by atoms with E-state index in [1.165, 1.54) is 24.5 Å². The fraction of sp³-hybridized carbons (Fsp3) is 0.731. The molecule has 0 radical (unpaired) electrons. The number of carbonyl (C=O) groups excluding carboxylic acids is 2. The first-order chi connectivity index (χ1) is 15.2. The summed E-state index contributed by atoms with van der Waals surface area (Å²) in [5.41, 5.74) is 6.54. The monoisotopic (exact) mass is 442 g/mol. The first-order valence-corrected chi connectivity index (χ1v) is 12.2. The minimum atomic E-state index is -0.502. The van der Waals surface area contributed by atoms with Gasteiger partial charge in [-0.05, 0) is 86.5 Å². The zero-order chi connectivity index (χ0) is 23.1. The molecule has 2 fully saturated rings. The Morgan fingerprint density at radius 2 is 1.84 bits per heavy atom. The molecule has 1 amide bonds. The van der Waals surface area contributed by atoms with E-state index in [2.05, 4.69) is 36.5 Å². The largest absolute Gasteiger partial charge is 0.462 e. The topological polar surface area (TPSA) is 77.0 Å². The first-order valence-electron chi connectivity index (χ1n) is 12.2. The number of fused-ring (bicyclic) bond motifs is 5. The maximum absolute atomic E-state index is 11.7. The van der Waals surface area contributed by atoms with E-state index in [1.807, 2.05) is 6.92 Å². The molecule has 4 rings (SSSR count). The fourth-order valence-corrected chi connectivity index (χ4v) is 7.44. The van der Waals surface area contributed by atoms with E-state index in [9.17, 15) is 9.59 Å². The smallest absolute Gasteiger partial charge is 0.427 e. The normalized spacial score (nSPS) is 38.5. The van der Waals surface area contributed by atoms with Crippen LogP contribution in [-0.4, -0.2) is 30.5 Å². The van der Waals surface area contributed by atoms with Gasteiger partial charge in [0.25, 0.3) is 0 Å². The molecule has 0 aliphatic heterocycles. The number of hydrogen-bond acceptors (Lipinski definition) is 5. The fourth-order valence-electron chi connectivity index (χ4n) is 7.44. The van der Waals surface area contributed by atoms with Crippen molar-refractivity contribution in [2.24, 2.45) is 33.7 Å². The lowest BCUT2D eigenvalue weighted by atomic mass is 9.47. The lowest BCUT2D eigenvalue weighted by molar-refractivity contribution is -0.148. The molecule has 4 aliphatic carbocycles. The lowest BCUT2D eigenvalue weighted by Gasteiger charge is -2.57. The van der Waals surface area contributed by atoms with Crippen molar-refractivity contribution in [3.63, 3.8) is 0 Å². The van der Waals surface area contributed by atoms with E-state index in [-0.39, 0.29) is 22.9 Å². The van der Waals surface area contributed by atoms with Crippen LogP contribution in [0.2, 0.25) is 0 Å². The third-order valence-electron chi connectivity index (χ3n) is 8.95. The predicted octanol–water partition coefficient (Wildman–Crippen LogP) is 5.54. The SMILES string of the molecule is CCOC(=O)NN=C(C)C1=CCC2C3CC=C4C[C@@H](OC(C)=O)CC[C@]4(C)C3CC[C@]12C. The summed E-state index contributed by atoms with van der Waals surface area (Å²) in [6.45, 7) is 10.5. The number of amides is 1. The Labute approximate surface area is 191 Å². The van der Waals surface area contributed by atoms with Gasteiger partial charge in [-0.1, -0.05) is 31.6 Å². The number of hydrazone groups is 1. The number of rotatable bonds is 4. The van der Waals surface area contributed by atoms with Gasteiger partial charge in [0.2, 0.25) is 0 Å².